The van der Waals surface area contributed by atoms with E-state index in [4.69, 9.17) is 0 Å². The second-order valence-corrected chi connectivity index (χ2v) is 4.51. The van der Waals surface area contributed by atoms with Gasteiger partial charge in [0, 0.05) is 11.6 Å². The summed E-state index contributed by atoms with van der Waals surface area (Å²) in [6.45, 7) is 0. The predicted octanol–water partition coefficient (Wildman–Crippen LogP) is 0.194. The lowest BCUT2D eigenvalue weighted by Gasteiger charge is -1.99. The normalized spacial score (nSPS) is 10.1. The van der Waals surface area contributed by atoms with E-state index < -0.39 is 17.4 Å². The van der Waals surface area contributed by atoms with Crippen molar-refractivity contribution >= 4 is 28.3 Å². The molecule has 0 aliphatic rings. The molecule has 2 N–H and O–H groups in total. The summed E-state index contributed by atoms with van der Waals surface area (Å²) in [5, 5.41) is 4.50. The number of thiazole rings is 1. The molecule has 0 spiro atoms. The molecular weight excluding hydrogens is 284 g/mol. The number of hydrogen-bond donors (Lipinski definition) is 2. The van der Waals surface area contributed by atoms with Crippen LogP contribution in [0.4, 0.5) is 5.13 Å². The summed E-state index contributed by atoms with van der Waals surface area (Å²) >= 11 is 1.18. The number of rotatable bonds is 4. The van der Waals surface area contributed by atoms with E-state index in [1.807, 2.05) is 0 Å². The molecule has 0 aliphatic heterocycles. The fraction of sp³-hybridized carbons (Fsp3) is 0.182. The average molecular weight is 294 g/mol. The number of H-pyrrole nitrogens is 1. The SMILES string of the molecule is COC(=O)Cc1csc(NC(=O)c2c[nH]c(=O)cn2)n1. The molecule has 2 aromatic heterocycles. The van der Waals surface area contributed by atoms with Crippen molar-refractivity contribution in [3.63, 3.8) is 0 Å². The molecule has 9 heteroatoms. The van der Waals surface area contributed by atoms with Crippen LogP contribution in [-0.2, 0) is 16.0 Å². The smallest absolute Gasteiger partial charge is 0.311 e. The molecule has 0 aromatic carbocycles. The summed E-state index contributed by atoms with van der Waals surface area (Å²) in [4.78, 5) is 43.8. The van der Waals surface area contributed by atoms with Crippen LogP contribution in [0.3, 0.4) is 0 Å². The van der Waals surface area contributed by atoms with Gasteiger partial charge in [-0.2, -0.15) is 0 Å². The number of nitrogens with zero attached hydrogens (tertiary/aromatic N) is 2. The molecule has 0 unspecified atom stereocenters. The fourth-order valence-electron chi connectivity index (χ4n) is 1.29. The minimum absolute atomic E-state index is 0.0414. The zero-order valence-electron chi connectivity index (χ0n) is 10.4. The molecule has 1 amide bonds. The number of aromatic nitrogens is 3. The number of carbonyl (C=O) groups excluding carboxylic acids is 2. The molecule has 0 bridgehead atoms. The van der Waals surface area contributed by atoms with Gasteiger partial charge in [-0.3, -0.25) is 19.7 Å². The van der Waals surface area contributed by atoms with E-state index in [1.165, 1.54) is 24.6 Å². The van der Waals surface area contributed by atoms with E-state index in [2.05, 4.69) is 25.0 Å². The van der Waals surface area contributed by atoms with Crippen molar-refractivity contribution in [2.24, 2.45) is 0 Å². The van der Waals surface area contributed by atoms with Crippen LogP contribution in [0, 0.1) is 0 Å². The number of methoxy groups -OCH3 is 1. The Morgan fingerprint density at radius 2 is 2.30 bits per heavy atom. The molecule has 8 nitrogen and oxygen atoms in total. The number of ether oxygens (including phenoxy) is 1. The van der Waals surface area contributed by atoms with Crippen LogP contribution in [0.25, 0.3) is 0 Å². The van der Waals surface area contributed by atoms with Crippen LogP contribution in [-0.4, -0.2) is 33.9 Å². The third kappa shape index (κ3) is 3.48. The maximum absolute atomic E-state index is 11.8. The number of esters is 1. The van der Waals surface area contributed by atoms with Gasteiger partial charge in [-0.15, -0.1) is 11.3 Å². The largest absolute Gasteiger partial charge is 0.469 e. The van der Waals surface area contributed by atoms with Crippen molar-refractivity contribution in [2.75, 3.05) is 12.4 Å². The Morgan fingerprint density at radius 1 is 1.50 bits per heavy atom. The first-order chi connectivity index (χ1) is 9.58. The van der Waals surface area contributed by atoms with E-state index in [-0.39, 0.29) is 12.1 Å². The zero-order valence-corrected chi connectivity index (χ0v) is 11.2. The summed E-state index contributed by atoms with van der Waals surface area (Å²) in [6.07, 6.45) is 2.26. The van der Waals surface area contributed by atoms with Gasteiger partial charge >= 0.3 is 5.97 Å². The van der Waals surface area contributed by atoms with Crippen LogP contribution < -0.4 is 10.9 Å². The molecule has 0 atom stereocenters. The number of amides is 1. The Morgan fingerprint density at radius 3 is 2.95 bits per heavy atom. The van der Waals surface area contributed by atoms with Gasteiger partial charge in [0.15, 0.2) is 5.13 Å². The molecular formula is C11H10N4O4S. The summed E-state index contributed by atoms with van der Waals surface area (Å²) in [6, 6.07) is 0. The average Bonchev–Trinajstić information content (AvgIpc) is 2.86. The van der Waals surface area contributed by atoms with Crippen LogP contribution >= 0.6 is 11.3 Å². The molecule has 2 heterocycles. The lowest BCUT2D eigenvalue weighted by molar-refractivity contribution is -0.139. The van der Waals surface area contributed by atoms with Gasteiger partial charge in [0.25, 0.3) is 11.5 Å². The molecule has 0 aliphatic carbocycles. The van der Waals surface area contributed by atoms with Gasteiger partial charge in [0.05, 0.1) is 25.4 Å². The highest BCUT2D eigenvalue weighted by Crippen LogP contribution is 2.16. The highest BCUT2D eigenvalue weighted by atomic mass is 32.1. The molecule has 2 aromatic rings. The van der Waals surface area contributed by atoms with Crippen molar-refractivity contribution in [1.82, 2.24) is 15.0 Å². The molecule has 20 heavy (non-hydrogen) atoms. The first-order valence-electron chi connectivity index (χ1n) is 5.46. The quantitative estimate of drug-likeness (QED) is 0.778. The van der Waals surface area contributed by atoms with Gasteiger partial charge in [-0.05, 0) is 0 Å². The summed E-state index contributed by atoms with van der Waals surface area (Å²) in [7, 11) is 1.29. The number of aromatic amines is 1. The van der Waals surface area contributed by atoms with Gasteiger partial charge < -0.3 is 9.72 Å². The number of anilines is 1. The van der Waals surface area contributed by atoms with Crippen LogP contribution in [0.5, 0.6) is 0 Å². The maximum Gasteiger partial charge on any atom is 0.311 e. The second kappa shape index (κ2) is 6.06. The molecule has 0 saturated heterocycles. The Labute approximate surface area is 116 Å². The first-order valence-corrected chi connectivity index (χ1v) is 6.34. The second-order valence-electron chi connectivity index (χ2n) is 3.65. The zero-order chi connectivity index (χ0) is 14.5. The summed E-state index contributed by atoms with van der Waals surface area (Å²) in [5.74, 6) is -0.907. The third-order valence-corrected chi connectivity index (χ3v) is 3.04. The van der Waals surface area contributed by atoms with Crippen LogP contribution in [0.1, 0.15) is 16.2 Å². The Bertz CT molecular complexity index is 673. The van der Waals surface area contributed by atoms with E-state index in [1.54, 1.807) is 5.38 Å². The Hall–Kier alpha value is -2.55. The van der Waals surface area contributed by atoms with Gasteiger partial charge in [0.2, 0.25) is 0 Å². The summed E-state index contributed by atoms with van der Waals surface area (Å²) in [5.41, 5.74) is 0.178. The lowest BCUT2D eigenvalue weighted by Crippen LogP contribution is -2.17. The number of carbonyl (C=O) groups is 2. The molecule has 0 fully saturated rings. The molecule has 2 rings (SSSR count). The van der Waals surface area contributed by atoms with Crippen LogP contribution in [0.15, 0.2) is 22.6 Å². The number of hydrogen-bond acceptors (Lipinski definition) is 7. The molecule has 0 saturated carbocycles. The highest BCUT2D eigenvalue weighted by molar-refractivity contribution is 7.14. The van der Waals surface area contributed by atoms with Crippen molar-refractivity contribution in [1.29, 1.82) is 0 Å². The van der Waals surface area contributed by atoms with E-state index in [0.29, 0.717) is 10.8 Å². The fourth-order valence-corrected chi connectivity index (χ4v) is 2.00. The predicted molar refractivity (Wildman–Crippen MR) is 70.6 cm³/mol. The van der Waals surface area contributed by atoms with E-state index in [9.17, 15) is 14.4 Å². The van der Waals surface area contributed by atoms with Crippen molar-refractivity contribution in [3.8, 4) is 0 Å². The first kappa shape index (κ1) is 13.9. The van der Waals surface area contributed by atoms with Crippen molar-refractivity contribution in [2.45, 2.75) is 6.42 Å². The monoisotopic (exact) mass is 294 g/mol. The lowest BCUT2D eigenvalue weighted by atomic mass is 10.3. The minimum atomic E-state index is -0.500. The molecule has 0 radical (unpaired) electrons. The standard InChI is InChI=1S/C11H10N4O4S/c1-19-9(17)2-6-5-20-11(14-6)15-10(18)7-3-13-8(16)4-12-7/h3-5H,2H2,1H3,(H,13,16)(H,14,15,18). The van der Waals surface area contributed by atoms with Gasteiger partial charge in [0.1, 0.15) is 5.69 Å². The summed E-state index contributed by atoms with van der Waals surface area (Å²) < 4.78 is 4.52. The van der Waals surface area contributed by atoms with Gasteiger partial charge in [-0.1, -0.05) is 0 Å². The Balaban J connectivity index is 2.03. The van der Waals surface area contributed by atoms with E-state index >= 15 is 0 Å². The van der Waals surface area contributed by atoms with Crippen molar-refractivity contribution in [3.05, 3.63) is 39.5 Å². The van der Waals surface area contributed by atoms with Gasteiger partial charge in [-0.25, -0.2) is 9.97 Å². The number of nitrogens with one attached hydrogen (secondary N) is 2. The van der Waals surface area contributed by atoms with Crippen molar-refractivity contribution < 1.29 is 14.3 Å². The highest BCUT2D eigenvalue weighted by Gasteiger charge is 2.12. The van der Waals surface area contributed by atoms with E-state index in [0.717, 1.165) is 6.20 Å². The molecule has 104 valence electrons. The van der Waals surface area contributed by atoms with Crippen LogP contribution in [0.2, 0.25) is 0 Å². The Kier molecular flexibility index (Phi) is 4.20. The third-order valence-electron chi connectivity index (χ3n) is 2.23. The minimum Gasteiger partial charge on any atom is -0.469 e. The maximum atomic E-state index is 11.8. The topological polar surface area (TPSA) is 114 Å².